The van der Waals surface area contributed by atoms with Crippen LogP contribution in [-0.2, 0) is 0 Å². The molecule has 0 aliphatic rings. The maximum absolute atomic E-state index is 4.51. The summed E-state index contributed by atoms with van der Waals surface area (Å²) in [4.78, 5) is 13.5. The van der Waals surface area contributed by atoms with Gasteiger partial charge in [0, 0.05) is 40.9 Å². The zero-order valence-electron chi connectivity index (χ0n) is 11.1. The van der Waals surface area contributed by atoms with E-state index in [4.69, 9.17) is 0 Å². The fourth-order valence-corrected chi connectivity index (χ4v) is 3.00. The van der Waals surface area contributed by atoms with Gasteiger partial charge in [-0.15, -0.1) is 0 Å². The van der Waals surface area contributed by atoms with Gasteiger partial charge >= 0.3 is 0 Å². The van der Waals surface area contributed by atoms with Crippen LogP contribution in [0.1, 0.15) is 0 Å². The third-order valence-corrected chi connectivity index (χ3v) is 3.93. The van der Waals surface area contributed by atoms with Crippen LogP contribution >= 0.6 is 0 Å². The summed E-state index contributed by atoms with van der Waals surface area (Å²) in [6.45, 7) is 0. The van der Waals surface area contributed by atoms with Gasteiger partial charge in [0.05, 0.1) is 5.52 Å². The first kappa shape index (κ1) is 10.7. The van der Waals surface area contributed by atoms with E-state index in [0.717, 1.165) is 38.4 Å². The Hall–Kier alpha value is -3.01. The maximum Gasteiger partial charge on any atom is 0.146 e. The molecule has 0 fully saturated rings. The van der Waals surface area contributed by atoms with Gasteiger partial charge in [-0.2, -0.15) is 0 Å². The molecule has 4 heterocycles. The first-order valence-corrected chi connectivity index (χ1v) is 6.80. The van der Waals surface area contributed by atoms with Crippen LogP contribution in [0, 0.1) is 0 Å². The zero-order valence-corrected chi connectivity index (χ0v) is 11.1. The standard InChI is InChI=1S/C17H10N4/c1-3-11-9-14-13(10-15(11)18-5-1)12-4-2-6-19-16(12)21-8-7-20-17(14)21/h1-10H. The topological polar surface area (TPSA) is 43.1 Å². The first-order chi connectivity index (χ1) is 10.4. The van der Waals surface area contributed by atoms with E-state index in [1.165, 1.54) is 0 Å². The van der Waals surface area contributed by atoms with E-state index in [9.17, 15) is 0 Å². The number of pyridine rings is 3. The Morgan fingerprint density at radius 1 is 0.714 bits per heavy atom. The molecule has 0 saturated carbocycles. The summed E-state index contributed by atoms with van der Waals surface area (Å²) in [6.07, 6.45) is 7.41. The van der Waals surface area contributed by atoms with Gasteiger partial charge in [-0.3, -0.25) is 9.38 Å². The van der Waals surface area contributed by atoms with Crippen molar-refractivity contribution in [2.45, 2.75) is 0 Å². The monoisotopic (exact) mass is 270 g/mol. The minimum Gasteiger partial charge on any atom is -0.283 e. The predicted octanol–water partition coefficient (Wildman–Crippen LogP) is 3.58. The molecule has 0 saturated heterocycles. The maximum atomic E-state index is 4.51. The lowest BCUT2D eigenvalue weighted by Crippen LogP contribution is -1.93. The Bertz CT molecular complexity index is 1140. The highest BCUT2D eigenvalue weighted by molar-refractivity contribution is 6.14. The lowest BCUT2D eigenvalue weighted by Gasteiger charge is -2.08. The van der Waals surface area contributed by atoms with Crippen LogP contribution in [0.4, 0.5) is 0 Å². The van der Waals surface area contributed by atoms with Crippen LogP contribution in [0.3, 0.4) is 0 Å². The highest BCUT2D eigenvalue weighted by atomic mass is 15.0. The van der Waals surface area contributed by atoms with Crippen molar-refractivity contribution in [3.8, 4) is 0 Å². The minimum atomic E-state index is 0.924. The summed E-state index contributed by atoms with van der Waals surface area (Å²) < 4.78 is 2.04. The van der Waals surface area contributed by atoms with Gasteiger partial charge < -0.3 is 0 Å². The molecule has 4 aromatic heterocycles. The van der Waals surface area contributed by atoms with Crippen LogP contribution in [-0.4, -0.2) is 19.4 Å². The molecular formula is C17H10N4. The molecule has 0 unspecified atom stereocenters. The molecule has 0 spiro atoms. The molecule has 0 radical (unpaired) electrons. The number of rotatable bonds is 0. The molecule has 0 aliphatic carbocycles. The number of benzene rings is 1. The molecule has 21 heavy (non-hydrogen) atoms. The van der Waals surface area contributed by atoms with Crippen LogP contribution in [0.25, 0.3) is 38.4 Å². The second kappa shape index (κ2) is 3.76. The number of fused-ring (bicyclic) bond motifs is 7. The molecule has 0 amide bonds. The number of nitrogens with zero attached hydrogens (tertiary/aromatic N) is 4. The molecule has 0 aliphatic heterocycles. The number of imidazole rings is 1. The van der Waals surface area contributed by atoms with Crippen molar-refractivity contribution in [3.63, 3.8) is 0 Å². The van der Waals surface area contributed by atoms with Crippen LogP contribution in [0.15, 0.2) is 61.2 Å². The fourth-order valence-electron chi connectivity index (χ4n) is 3.00. The molecule has 4 nitrogen and oxygen atoms in total. The highest BCUT2D eigenvalue weighted by Gasteiger charge is 2.10. The Morgan fingerprint density at radius 3 is 2.52 bits per heavy atom. The SMILES string of the molecule is c1cnc2cc3c4cccnc4n4ccnc4c3cc2c1. The summed E-state index contributed by atoms with van der Waals surface area (Å²) in [5.74, 6) is 0. The summed E-state index contributed by atoms with van der Waals surface area (Å²) in [7, 11) is 0. The summed E-state index contributed by atoms with van der Waals surface area (Å²) in [6, 6.07) is 12.4. The van der Waals surface area contributed by atoms with Crippen LogP contribution < -0.4 is 0 Å². The van der Waals surface area contributed by atoms with Crippen molar-refractivity contribution < 1.29 is 0 Å². The summed E-state index contributed by atoms with van der Waals surface area (Å²) in [5, 5.41) is 4.51. The average molecular weight is 270 g/mol. The Labute approximate surface area is 119 Å². The zero-order chi connectivity index (χ0) is 13.8. The molecule has 5 rings (SSSR count). The van der Waals surface area contributed by atoms with Crippen molar-refractivity contribution in [1.29, 1.82) is 0 Å². The Morgan fingerprint density at radius 2 is 1.52 bits per heavy atom. The van der Waals surface area contributed by atoms with E-state index < -0.39 is 0 Å². The van der Waals surface area contributed by atoms with Crippen molar-refractivity contribution in [2.24, 2.45) is 0 Å². The van der Waals surface area contributed by atoms with E-state index in [1.807, 2.05) is 41.3 Å². The van der Waals surface area contributed by atoms with Gasteiger partial charge in [0.1, 0.15) is 11.3 Å². The van der Waals surface area contributed by atoms with Gasteiger partial charge in [0.25, 0.3) is 0 Å². The largest absolute Gasteiger partial charge is 0.283 e. The van der Waals surface area contributed by atoms with E-state index in [-0.39, 0.29) is 0 Å². The number of hydrogen-bond acceptors (Lipinski definition) is 3. The summed E-state index contributed by atoms with van der Waals surface area (Å²) >= 11 is 0. The quantitative estimate of drug-likeness (QED) is 0.319. The molecule has 0 N–H and O–H groups in total. The van der Waals surface area contributed by atoms with Gasteiger partial charge in [0.15, 0.2) is 0 Å². The highest BCUT2D eigenvalue weighted by Crippen LogP contribution is 2.30. The van der Waals surface area contributed by atoms with Crippen LogP contribution in [0.5, 0.6) is 0 Å². The third-order valence-electron chi connectivity index (χ3n) is 3.93. The van der Waals surface area contributed by atoms with Gasteiger partial charge in [-0.25, -0.2) is 9.97 Å². The molecule has 0 atom stereocenters. The lowest BCUT2D eigenvalue weighted by atomic mass is 10.0. The van der Waals surface area contributed by atoms with Gasteiger partial charge in [-0.1, -0.05) is 6.07 Å². The van der Waals surface area contributed by atoms with Crippen molar-refractivity contribution >= 4 is 38.4 Å². The molecule has 5 aromatic rings. The second-order valence-electron chi connectivity index (χ2n) is 5.09. The predicted molar refractivity (Wildman–Crippen MR) is 83.3 cm³/mol. The van der Waals surface area contributed by atoms with E-state index in [2.05, 4.69) is 39.2 Å². The number of aromatic nitrogens is 4. The van der Waals surface area contributed by atoms with E-state index in [0.29, 0.717) is 0 Å². The second-order valence-corrected chi connectivity index (χ2v) is 5.09. The average Bonchev–Trinajstić information content (AvgIpc) is 3.03. The first-order valence-electron chi connectivity index (χ1n) is 6.80. The van der Waals surface area contributed by atoms with E-state index in [1.54, 1.807) is 0 Å². The van der Waals surface area contributed by atoms with Gasteiger partial charge in [-0.05, 0) is 35.7 Å². The molecule has 1 aromatic carbocycles. The third kappa shape index (κ3) is 1.36. The van der Waals surface area contributed by atoms with E-state index >= 15 is 0 Å². The van der Waals surface area contributed by atoms with Crippen molar-refractivity contribution in [2.75, 3.05) is 0 Å². The van der Waals surface area contributed by atoms with Crippen molar-refractivity contribution in [3.05, 3.63) is 61.2 Å². The minimum absolute atomic E-state index is 0.924. The lowest BCUT2D eigenvalue weighted by molar-refractivity contribution is 1.20. The Kier molecular flexibility index (Phi) is 1.92. The normalized spacial score (nSPS) is 11.8. The van der Waals surface area contributed by atoms with Crippen LogP contribution in [0.2, 0.25) is 0 Å². The fraction of sp³-hybridized carbons (Fsp3) is 0. The van der Waals surface area contributed by atoms with Crippen molar-refractivity contribution in [1.82, 2.24) is 19.4 Å². The summed E-state index contributed by atoms with van der Waals surface area (Å²) in [5.41, 5.74) is 2.85. The molecular weight excluding hydrogens is 260 g/mol. The molecule has 4 heteroatoms. The smallest absolute Gasteiger partial charge is 0.146 e. The Balaban J connectivity index is 2.18. The van der Waals surface area contributed by atoms with Gasteiger partial charge in [0.2, 0.25) is 0 Å². The number of hydrogen-bond donors (Lipinski definition) is 0. The molecule has 0 bridgehead atoms. The molecule has 98 valence electrons.